The fourth-order valence-electron chi connectivity index (χ4n) is 8.07. The van der Waals surface area contributed by atoms with Crippen LogP contribution in [0.5, 0.6) is 0 Å². The van der Waals surface area contributed by atoms with E-state index in [0.29, 0.717) is 6.42 Å². The van der Waals surface area contributed by atoms with Gasteiger partial charge in [0.1, 0.15) is 73.2 Å². The van der Waals surface area contributed by atoms with Crippen LogP contribution in [0.2, 0.25) is 0 Å². The lowest BCUT2D eigenvalue weighted by atomic mass is 9.96. The van der Waals surface area contributed by atoms with E-state index in [9.17, 15) is 61.0 Å². The average molecular weight is 912 g/mol. The van der Waals surface area contributed by atoms with E-state index in [1.165, 1.54) is 57.8 Å². The van der Waals surface area contributed by atoms with E-state index in [-0.39, 0.29) is 18.9 Å². The van der Waals surface area contributed by atoms with Gasteiger partial charge in [-0.15, -0.1) is 0 Å². The molecule has 0 saturated carbocycles. The van der Waals surface area contributed by atoms with Crippen molar-refractivity contribution in [3.8, 4) is 0 Å². The smallest absolute Gasteiger partial charge is 0.220 e. The van der Waals surface area contributed by atoms with Gasteiger partial charge in [0, 0.05) is 6.42 Å². The molecule has 0 spiro atoms. The monoisotopic (exact) mass is 912 g/mol. The van der Waals surface area contributed by atoms with E-state index in [4.69, 9.17) is 28.4 Å². The van der Waals surface area contributed by atoms with Crippen LogP contribution in [0.25, 0.3) is 0 Å². The highest BCUT2D eigenvalue weighted by atomic mass is 16.8. The Kier molecular flexibility index (Phi) is 27.3. The van der Waals surface area contributed by atoms with Crippen LogP contribution in [0.15, 0.2) is 12.2 Å². The molecular weight excluding hydrogens is 830 g/mol. The molecule has 0 aliphatic carbocycles. The summed E-state index contributed by atoms with van der Waals surface area (Å²) in [4.78, 5) is 13.1. The van der Waals surface area contributed by atoms with Crippen LogP contribution in [-0.4, -0.2) is 193 Å². The Labute approximate surface area is 372 Å². The molecule has 63 heavy (non-hydrogen) atoms. The molecule has 3 aliphatic heterocycles. The second-order valence-corrected chi connectivity index (χ2v) is 17.2. The molecule has 17 unspecified atom stereocenters. The zero-order valence-electron chi connectivity index (χ0n) is 37.3. The molecule has 3 fully saturated rings. The molecule has 19 nitrogen and oxygen atoms in total. The minimum atomic E-state index is -1.97. The molecule has 3 heterocycles. The van der Waals surface area contributed by atoms with Crippen LogP contribution in [0, 0.1) is 0 Å². The maximum Gasteiger partial charge on any atom is 0.220 e. The van der Waals surface area contributed by atoms with Gasteiger partial charge in [0.2, 0.25) is 5.91 Å². The Hall–Kier alpha value is -1.47. The number of carbonyl (C=O) groups excluding carboxylic acids is 1. The lowest BCUT2D eigenvalue weighted by Gasteiger charge is -2.48. The third kappa shape index (κ3) is 17.9. The third-order valence-electron chi connectivity index (χ3n) is 12.1. The highest BCUT2D eigenvalue weighted by Gasteiger charge is 2.53. The van der Waals surface area contributed by atoms with Gasteiger partial charge in [-0.1, -0.05) is 116 Å². The van der Waals surface area contributed by atoms with Crippen LogP contribution in [0.3, 0.4) is 0 Å². The lowest BCUT2D eigenvalue weighted by molar-refractivity contribution is -0.379. The van der Waals surface area contributed by atoms with Crippen molar-refractivity contribution in [3.63, 3.8) is 0 Å². The van der Waals surface area contributed by atoms with Gasteiger partial charge in [0.05, 0.1) is 38.6 Å². The number of carbonyl (C=O) groups is 1. The Morgan fingerprint density at radius 3 is 1.49 bits per heavy atom. The summed E-state index contributed by atoms with van der Waals surface area (Å²) in [5.41, 5.74) is 0. The number of aliphatic hydroxyl groups is 11. The van der Waals surface area contributed by atoms with Crippen molar-refractivity contribution in [1.29, 1.82) is 0 Å². The van der Waals surface area contributed by atoms with Gasteiger partial charge in [-0.25, -0.2) is 0 Å². The van der Waals surface area contributed by atoms with Crippen molar-refractivity contribution in [2.24, 2.45) is 0 Å². The van der Waals surface area contributed by atoms with E-state index in [1.54, 1.807) is 6.08 Å². The van der Waals surface area contributed by atoms with Crippen molar-refractivity contribution in [3.05, 3.63) is 12.2 Å². The Morgan fingerprint density at radius 1 is 0.556 bits per heavy atom. The summed E-state index contributed by atoms with van der Waals surface area (Å²) in [5, 5.41) is 119. The Bertz CT molecular complexity index is 1230. The zero-order valence-corrected chi connectivity index (χ0v) is 37.3. The second-order valence-electron chi connectivity index (χ2n) is 17.2. The number of unbranched alkanes of at least 4 members (excludes halogenated alkanes) is 15. The Morgan fingerprint density at radius 2 is 0.984 bits per heavy atom. The zero-order chi connectivity index (χ0) is 46.3. The molecule has 3 saturated heterocycles. The van der Waals surface area contributed by atoms with Gasteiger partial charge >= 0.3 is 0 Å². The predicted molar refractivity (Wildman–Crippen MR) is 227 cm³/mol. The molecule has 3 rings (SSSR count). The summed E-state index contributed by atoms with van der Waals surface area (Å²) >= 11 is 0. The van der Waals surface area contributed by atoms with Gasteiger partial charge in [0.15, 0.2) is 18.9 Å². The van der Waals surface area contributed by atoms with E-state index in [2.05, 4.69) is 19.2 Å². The van der Waals surface area contributed by atoms with Crippen LogP contribution in [0.4, 0.5) is 0 Å². The maximum absolute atomic E-state index is 13.1. The van der Waals surface area contributed by atoms with Gasteiger partial charge in [-0.3, -0.25) is 4.79 Å². The van der Waals surface area contributed by atoms with E-state index >= 15 is 0 Å². The van der Waals surface area contributed by atoms with Gasteiger partial charge in [-0.2, -0.15) is 0 Å². The van der Waals surface area contributed by atoms with Crippen molar-refractivity contribution >= 4 is 5.91 Å². The summed E-state index contributed by atoms with van der Waals surface area (Å²) in [7, 11) is 0. The number of nitrogens with one attached hydrogen (secondary N) is 1. The lowest BCUT2D eigenvalue weighted by Crippen LogP contribution is -2.66. The molecular formula is C44H81NO18. The number of rotatable bonds is 31. The Balaban J connectivity index is 1.55. The molecule has 19 heteroatoms. The van der Waals surface area contributed by atoms with Gasteiger partial charge in [0.25, 0.3) is 0 Å². The first-order chi connectivity index (χ1) is 30.3. The first kappa shape index (κ1) is 55.9. The number of ether oxygens (including phenoxy) is 6. The van der Waals surface area contributed by atoms with Crippen molar-refractivity contribution in [2.75, 3.05) is 26.4 Å². The minimum Gasteiger partial charge on any atom is -0.394 e. The topological polar surface area (TPSA) is 307 Å². The van der Waals surface area contributed by atoms with Gasteiger partial charge < -0.3 is 89.9 Å². The minimum absolute atomic E-state index is 0.246. The molecule has 0 aromatic rings. The fourth-order valence-corrected chi connectivity index (χ4v) is 8.07. The molecule has 3 aliphatic rings. The number of amides is 1. The van der Waals surface area contributed by atoms with Crippen LogP contribution in [-0.2, 0) is 33.2 Å². The number of hydrogen-bond donors (Lipinski definition) is 12. The molecule has 12 N–H and O–H groups in total. The predicted octanol–water partition coefficient (Wildman–Crippen LogP) is -0.0852. The van der Waals surface area contributed by atoms with Crippen LogP contribution < -0.4 is 5.32 Å². The number of aliphatic hydroxyl groups excluding tert-OH is 11. The summed E-state index contributed by atoms with van der Waals surface area (Å²) in [6.07, 6.45) is -4.17. The molecule has 17 atom stereocenters. The molecule has 0 radical (unpaired) electrons. The first-order valence-corrected chi connectivity index (χ1v) is 23.4. The molecule has 0 bridgehead atoms. The highest BCUT2D eigenvalue weighted by molar-refractivity contribution is 5.76. The van der Waals surface area contributed by atoms with E-state index in [0.717, 1.165) is 44.9 Å². The summed E-state index contributed by atoms with van der Waals surface area (Å²) in [6.45, 7) is 1.54. The first-order valence-electron chi connectivity index (χ1n) is 23.4. The standard InChI is InChI=1S/C44H81NO18/c1-3-5-7-9-10-11-12-13-14-15-16-18-20-22-32(50)45-27(28(49)21-19-17-8-6-4-2)26-58-42-38(56)35(53)40(30(24-47)60-42)63-44-39(57)36(54)41(31(25-48)61-44)62-43-37(55)34(52)33(51)29(23-46)59-43/h19,21,27-31,33-44,46-49,51-57H,3-18,20,22-26H2,1-2H3,(H,45,50)/b21-19+. The number of hydrogen-bond acceptors (Lipinski definition) is 18. The highest BCUT2D eigenvalue weighted by Crippen LogP contribution is 2.33. The quantitative estimate of drug-likeness (QED) is 0.0320. The second kappa shape index (κ2) is 30.7. The maximum atomic E-state index is 13.1. The third-order valence-corrected chi connectivity index (χ3v) is 12.1. The summed E-state index contributed by atoms with van der Waals surface area (Å²) in [5.74, 6) is -0.285. The molecule has 0 aromatic heterocycles. The average Bonchev–Trinajstić information content (AvgIpc) is 3.28. The van der Waals surface area contributed by atoms with Crippen molar-refractivity contribution in [1.82, 2.24) is 5.32 Å². The summed E-state index contributed by atoms with van der Waals surface area (Å²) < 4.78 is 33.9. The largest absolute Gasteiger partial charge is 0.394 e. The normalized spacial score (nSPS) is 34.9. The van der Waals surface area contributed by atoms with Crippen LogP contribution in [0.1, 0.15) is 129 Å². The molecule has 0 aromatic carbocycles. The molecule has 370 valence electrons. The van der Waals surface area contributed by atoms with Gasteiger partial charge in [-0.05, 0) is 19.3 Å². The summed E-state index contributed by atoms with van der Waals surface area (Å²) in [6, 6.07) is -0.961. The van der Waals surface area contributed by atoms with Crippen molar-refractivity contribution < 1.29 is 89.4 Å². The van der Waals surface area contributed by atoms with E-state index < -0.39 is 124 Å². The fraction of sp³-hybridized carbons (Fsp3) is 0.932. The SMILES string of the molecule is CCCCC/C=C/C(O)C(COC1OC(CO)C(OC2OC(CO)C(OC3OC(CO)C(O)C(O)C3O)C(O)C2O)C(O)C1O)NC(=O)CCCCCCCCCCCCCCC. The van der Waals surface area contributed by atoms with Crippen LogP contribution >= 0.6 is 0 Å². The number of allylic oxidation sites excluding steroid dienone is 1. The van der Waals surface area contributed by atoms with E-state index in [1.807, 2.05) is 6.08 Å². The van der Waals surface area contributed by atoms with Crippen molar-refractivity contribution in [2.45, 2.75) is 234 Å². The molecule has 1 amide bonds.